The van der Waals surface area contributed by atoms with Crippen molar-refractivity contribution >= 4 is 11.7 Å². The third-order valence-corrected chi connectivity index (χ3v) is 7.48. The minimum Gasteiger partial charge on any atom is -0.350 e. The number of hydrazone groups is 1. The van der Waals surface area contributed by atoms with Gasteiger partial charge in [0, 0.05) is 5.71 Å². The Bertz CT molecular complexity index is 659. The Kier molecular flexibility index (Phi) is 7.52. The Morgan fingerprint density at radius 1 is 1.29 bits per heavy atom. The van der Waals surface area contributed by atoms with Crippen molar-refractivity contribution in [3.05, 3.63) is 23.3 Å². The monoisotopic (exact) mass is 387 g/mol. The van der Waals surface area contributed by atoms with Gasteiger partial charge in [-0.25, -0.2) is 10.2 Å². The Labute approximate surface area is 172 Å². The summed E-state index contributed by atoms with van der Waals surface area (Å²) in [5.74, 6) is 1.51. The van der Waals surface area contributed by atoms with Crippen molar-refractivity contribution in [1.82, 2.24) is 5.43 Å². The molecule has 2 amide bonds. The van der Waals surface area contributed by atoms with E-state index in [0.717, 1.165) is 30.9 Å². The molecule has 0 aliphatic heterocycles. The molecule has 2 aliphatic carbocycles. The average Bonchev–Trinajstić information content (AvgIpc) is 2.58. The highest BCUT2D eigenvalue weighted by Gasteiger charge is 2.51. The second-order valence-corrected chi connectivity index (χ2v) is 10.1. The predicted octanol–water partition coefficient (Wildman–Crippen LogP) is 6.34. The van der Waals surface area contributed by atoms with E-state index in [2.05, 4.69) is 57.3 Å². The molecule has 3 atom stereocenters. The number of carbonyl (C=O) groups excluding carboxylic acids is 1. The highest BCUT2D eigenvalue weighted by Crippen LogP contribution is 2.60. The summed E-state index contributed by atoms with van der Waals surface area (Å²) < 4.78 is 0. The van der Waals surface area contributed by atoms with Gasteiger partial charge in [-0.15, -0.1) is 0 Å². The number of nitrogens with zero attached hydrogens (tertiary/aromatic N) is 1. The van der Waals surface area contributed by atoms with Crippen molar-refractivity contribution in [2.24, 2.45) is 33.5 Å². The average molecular weight is 388 g/mol. The van der Waals surface area contributed by atoms with Gasteiger partial charge >= 0.3 is 6.03 Å². The van der Waals surface area contributed by atoms with Gasteiger partial charge < -0.3 is 5.73 Å². The van der Waals surface area contributed by atoms with E-state index < -0.39 is 6.03 Å². The smallest absolute Gasteiger partial charge is 0.332 e. The van der Waals surface area contributed by atoms with Crippen LogP contribution in [0.4, 0.5) is 4.79 Å². The van der Waals surface area contributed by atoms with E-state index in [1.807, 2.05) is 6.92 Å². The SMILES string of the molecule is CC1=CC[C@@H]2C(C)(C)CCC[C@]2(C)[C@@H]1CC/C(C)=C/CCC(C)=NNC(N)=O. The second-order valence-electron chi connectivity index (χ2n) is 10.1. The van der Waals surface area contributed by atoms with Crippen LogP contribution in [-0.2, 0) is 0 Å². The normalized spacial score (nSPS) is 30.4. The van der Waals surface area contributed by atoms with Crippen molar-refractivity contribution in [3.63, 3.8) is 0 Å². The van der Waals surface area contributed by atoms with Gasteiger partial charge in [-0.2, -0.15) is 5.10 Å². The van der Waals surface area contributed by atoms with Gasteiger partial charge in [-0.05, 0) is 88.4 Å². The number of allylic oxidation sites excluding steroid dienone is 4. The minimum absolute atomic E-state index is 0.449. The first-order valence-corrected chi connectivity index (χ1v) is 11.0. The number of carbonyl (C=O) groups is 1. The first kappa shape index (κ1) is 22.7. The summed E-state index contributed by atoms with van der Waals surface area (Å²) in [4.78, 5) is 10.7. The van der Waals surface area contributed by atoms with Crippen LogP contribution in [0.3, 0.4) is 0 Å². The van der Waals surface area contributed by atoms with E-state index in [4.69, 9.17) is 5.73 Å². The topological polar surface area (TPSA) is 67.5 Å². The number of amides is 2. The van der Waals surface area contributed by atoms with Gasteiger partial charge in [0.25, 0.3) is 0 Å². The fraction of sp³-hybridized carbons (Fsp3) is 0.750. The van der Waals surface area contributed by atoms with Crippen LogP contribution in [0, 0.1) is 22.7 Å². The lowest BCUT2D eigenvalue weighted by molar-refractivity contribution is -0.0390. The zero-order valence-corrected chi connectivity index (χ0v) is 18.9. The molecular weight excluding hydrogens is 346 g/mol. The van der Waals surface area contributed by atoms with E-state index in [1.54, 1.807) is 5.57 Å². The molecule has 4 nitrogen and oxygen atoms in total. The highest BCUT2D eigenvalue weighted by atomic mass is 16.2. The van der Waals surface area contributed by atoms with Crippen molar-refractivity contribution in [3.8, 4) is 0 Å². The molecule has 0 unspecified atom stereocenters. The maximum Gasteiger partial charge on any atom is 0.332 e. The zero-order chi connectivity index (χ0) is 20.9. The Morgan fingerprint density at radius 3 is 2.68 bits per heavy atom. The second kappa shape index (κ2) is 9.28. The van der Waals surface area contributed by atoms with E-state index in [9.17, 15) is 4.79 Å². The first-order chi connectivity index (χ1) is 13.1. The van der Waals surface area contributed by atoms with Gasteiger partial charge in [-0.3, -0.25) is 0 Å². The van der Waals surface area contributed by atoms with Gasteiger partial charge in [0.15, 0.2) is 0 Å². The van der Waals surface area contributed by atoms with Crippen molar-refractivity contribution in [2.45, 2.75) is 92.9 Å². The van der Waals surface area contributed by atoms with Crippen LogP contribution in [-0.4, -0.2) is 11.7 Å². The van der Waals surface area contributed by atoms with E-state index in [-0.39, 0.29) is 0 Å². The molecule has 0 heterocycles. The fourth-order valence-electron chi connectivity index (χ4n) is 5.90. The molecule has 1 fully saturated rings. The van der Waals surface area contributed by atoms with Crippen molar-refractivity contribution < 1.29 is 4.79 Å². The van der Waals surface area contributed by atoms with E-state index >= 15 is 0 Å². The maximum atomic E-state index is 10.7. The molecule has 0 radical (unpaired) electrons. The van der Waals surface area contributed by atoms with Crippen LogP contribution >= 0.6 is 0 Å². The quantitative estimate of drug-likeness (QED) is 0.299. The lowest BCUT2D eigenvalue weighted by atomic mass is 9.48. The molecule has 0 aromatic rings. The molecule has 1 saturated carbocycles. The van der Waals surface area contributed by atoms with Gasteiger partial charge in [0.05, 0.1) is 0 Å². The van der Waals surface area contributed by atoms with Crippen LogP contribution in [0.25, 0.3) is 0 Å². The summed E-state index contributed by atoms with van der Waals surface area (Å²) in [6.07, 6.45) is 14.5. The third-order valence-electron chi connectivity index (χ3n) is 7.48. The molecule has 4 heteroatoms. The fourth-order valence-corrected chi connectivity index (χ4v) is 5.90. The lowest BCUT2D eigenvalue weighted by Gasteiger charge is -2.57. The Morgan fingerprint density at radius 2 is 2.00 bits per heavy atom. The lowest BCUT2D eigenvalue weighted by Crippen LogP contribution is -2.48. The van der Waals surface area contributed by atoms with Crippen LogP contribution < -0.4 is 11.2 Å². The zero-order valence-electron chi connectivity index (χ0n) is 18.9. The largest absolute Gasteiger partial charge is 0.350 e. The van der Waals surface area contributed by atoms with E-state index in [0.29, 0.717) is 16.7 Å². The molecule has 2 aliphatic rings. The molecule has 0 saturated heterocycles. The summed E-state index contributed by atoms with van der Waals surface area (Å²) in [7, 11) is 0. The number of fused-ring (bicyclic) bond motifs is 1. The Balaban J connectivity index is 1.95. The Hall–Kier alpha value is -1.58. The molecule has 0 aromatic carbocycles. The van der Waals surface area contributed by atoms with Gasteiger partial charge in [-0.1, -0.05) is 50.5 Å². The molecular formula is C24H41N3O. The first-order valence-electron chi connectivity index (χ1n) is 11.0. The molecule has 28 heavy (non-hydrogen) atoms. The van der Waals surface area contributed by atoms with Crippen LogP contribution in [0.15, 0.2) is 28.4 Å². The molecule has 3 N–H and O–H groups in total. The minimum atomic E-state index is -0.611. The van der Waals surface area contributed by atoms with Crippen molar-refractivity contribution in [2.75, 3.05) is 0 Å². The summed E-state index contributed by atoms with van der Waals surface area (Å²) in [6.45, 7) is 14.1. The number of urea groups is 1. The third kappa shape index (κ3) is 5.48. The summed E-state index contributed by atoms with van der Waals surface area (Å²) in [5, 5.41) is 3.97. The number of rotatable bonds is 7. The van der Waals surface area contributed by atoms with Crippen LogP contribution in [0.1, 0.15) is 92.9 Å². The molecule has 158 valence electrons. The molecule has 0 spiro atoms. The van der Waals surface area contributed by atoms with Crippen LogP contribution in [0.5, 0.6) is 0 Å². The maximum absolute atomic E-state index is 10.7. The summed E-state index contributed by atoms with van der Waals surface area (Å²) in [6, 6.07) is -0.611. The highest BCUT2D eigenvalue weighted by molar-refractivity contribution is 5.83. The number of nitrogens with one attached hydrogen (secondary N) is 1. The predicted molar refractivity (Wildman–Crippen MR) is 119 cm³/mol. The van der Waals surface area contributed by atoms with Gasteiger partial charge in [0.1, 0.15) is 0 Å². The molecule has 0 aromatic heterocycles. The summed E-state index contributed by atoms with van der Waals surface area (Å²) >= 11 is 0. The van der Waals surface area contributed by atoms with Crippen LogP contribution in [0.2, 0.25) is 0 Å². The number of primary amides is 1. The summed E-state index contributed by atoms with van der Waals surface area (Å²) in [5.41, 5.74) is 12.2. The van der Waals surface area contributed by atoms with Gasteiger partial charge in [0.2, 0.25) is 0 Å². The molecule has 2 rings (SSSR count). The van der Waals surface area contributed by atoms with Crippen molar-refractivity contribution in [1.29, 1.82) is 0 Å². The number of hydrogen-bond acceptors (Lipinski definition) is 2. The number of hydrogen-bond donors (Lipinski definition) is 2. The standard InChI is InChI=1S/C24H41N3O/c1-17(9-7-10-19(3)26-27-22(25)28)11-13-20-18(2)12-14-21-23(4,5)15-8-16-24(20,21)6/h9,12,20-21H,7-8,10-11,13-16H2,1-6H3,(H3,25,27,28)/b17-9+,26-19?/t20-,21-,24-/m1/s1. The number of nitrogens with two attached hydrogens (primary N) is 1. The van der Waals surface area contributed by atoms with E-state index in [1.165, 1.54) is 37.7 Å². The molecule has 0 bridgehead atoms.